The van der Waals surface area contributed by atoms with E-state index in [1.165, 1.54) is 0 Å². The fourth-order valence-corrected chi connectivity index (χ4v) is 0. The number of carbonyl (C=O) groups is 1. The lowest BCUT2D eigenvalue weighted by molar-refractivity contribution is -0.0979. The average molecular weight is 141 g/mol. The minimum absolute atomic E-state index is 0.701. The molecule has 0 saturated carbocycles. The molecule has 0 heterocycles. The van der Waals surface area contributed by atoms with E-state index in [2.05, 4.69) is 5.73 Å². The van der Waals surface area contributed by atoms with Gasteiger partial charge in [0.25, 0.3) is 10.1 Å². The molecule has 0 rings (SSSR count). The minimum atomic E-state index is -3.88. The van der Waals surface area contributed by atoms with Gasteiger partial charge in [-0.15, -0.1) is 0 Å². The lowest BCUT2D eigenvalue weighted by Gasteiger charge is -1.80. The zero-order valence-electron chi connectivity index (χ0n) is 4.07. The predicted octanol–water partition coefficient (Wildman–Crippen LogP) is -1.39. The van der Waals surface area contributed by atoms with Crippen LogP contribution in [0.4, 0.5) is 0 Å². The summed E-state index contributed by atoms with van der Waals surface area (Å²) in [4.78, 5) is 8.00. The number of nitrogens with two attached hydrogens (primary N) is 1. The summed E-state index contributed by atoms with van der Waals surface area (Å²) < 4.78 is 26.5. The highest BCUT2D eigenvalue weighted by Gasteiger charge is 1.93. The van der Waals surface area contributed by atoms with Gasteiger partial charge in [0.15, 0.2) is 0 Å². The van der Waals surface area contributed by atoms with Crippen LogP contribution in [-0.2, 0) is 14.9 Å². The summed E-state index contributed by atoms with van der Waals surface area (Å²) >= 11 is 0. The van der Waals surface area contributed by atoms with Gasteiger partial charge in [-0.2, -0.15) is 8.42 Å². The van der Waals surface area contributed by atoms with Crippen molar-refractivity contribution in [1.82, 2.24) is 0 Å². The largest absolute Gasteiger partial charge is 0.316 e. The first-order valence-electron chi connectivity index (χ1n) is 1.50. The molecule has 0 spiro atoms. The molecule has 5 nitrogen and oxygen atoms in total. The topological polar surface area (TPSA) is 97.5 Å². The number of carbonyl (C=O) groups excluding carboxylic acids is 1. The third kappa shape index (κ3) is 17.7. The minimum Gasteiger partial charge on any atom is -0.316 e. The number of hydrogen-bond acceptors (Lipinski definition) is 4. The smallest absolute Gasteiger partial charge is 0.277 e. The molecule has 0 fully saturated rings. The number of rotatable bonds is 1. The molecule has 0 atom stereocenters. The zero-order valence-corrected chi connectivity index (χ0v) is 4.89. The van der Waals surface area contributed by atoms with Crippen LogP contribution >= 0.6 is 0 Å². The van der Waals surface area contributed by atoms with E-state index in [1.807, 2.05) is 6.79 Å². The molecule has 0 radical (unpaired) electrons. The van der Waals surface area contributed by atoms with Crippen molar-refractivity contribution in [2.45, 2.75) is 0 Å². The third-order valence-corrected chi connectivity index (χ3v) is 0.632. The summed E-state index contributed by atoms with van der Waals surface area (Å²) in [6, 6.07) is 0. The fourth-order valence-electron chi connectivity index (χ4n) is 0. The van der Waals surface area contributed by atoms with Gasteiger partial charge in [-0.05, 0) is 0 Å². The molecule has 0 amide bonds. The van der Waals surface area contributed by atoms with Crippen LogP contribution in [0.25, 0.3) is 0 Å². The quantitative estimate of drug-likeness (QED) is 0.438. The maximum atomic E-state index is 9.43. The Morgan fingerprint density at radius 1 is 1.50 bits per heavy atom. The average Bonchev–Trinajstić information content (AvgIpc) is 1.71. The first-order chi connectivity index (χ1) is 3.56. The Kier molecular flexibility index (Phi) is 6.16. The second-order valence-electron chi connectivity index (χ2n) is 0.749. The van der Waals surface area contributed by atoms with Crippen LogP contribution < -0.4 is 5.73 Å². The molecule has 0 unspecified atom stereocenters. The molecule has 0 saturated heterocycles. The SMILES string of the molecule is C=O.NCS(=O)(=O)O. The molecule has 0 aliphatic rings. The van der Waals surface area contributed by atoms with Crippen molar-refractivity contribution in [1.29, 1.82) is 0 Å². The summed E-state index contributed by atoms with van der Waals surface area (Å²) in [6.45, 7) is 2.00. The Bertz CT molecular complexity index is 127. The molecule has 0 aromatic heterocycles. The number of hydrogen-bond donors (Lipinski definition) is 2. The van der Waals surface area contributed by atoms with E-state index in [1.54, 1.807) is 0 Å². The Morgan fingerprint density at radius 3 is 1.62 bits per heavy atom. The molecule has 6 heteroatoms. The molecule has 3 N–H and O–H groups in total. The van der Waals surface area contributed by atoms with Gasteiger partial charge >= 0.3 is 0 Å². The summed E-state index contributed by atoms with van der Waals surface area (Å²) in [5.74, 6) is -0.701. The molecule has 0 aliphatic carbocycles. The summed E-state index contributed by atoms with van der Waals surface area (Å²) in [7, 11) is -3.88. The molecule has 0 aromatic carbocycles. The van der Waals surface area contributed by atoms with Gasteiger partial charge in [0.05, 0.1) is 0 Å². The van der Waals surface area contributed by atoms with E-state index in [0.717, 1.165) is 0 Å². The lowest BCUT2D eigenvalue weighted by atomic mass is 11.6. The normalized spacial score (nSPS) is 9.25. The molecule has 0 aromatic rings. The Morgan fingerprint density at radius 2 is 1.62 bits per heavy atom. The van der Waals surface area contributed by atoms with Crippen LogP contribution in [0, 0.1) is 0 Å². The van der Waals surface area contributed by atoms with E-state index < -0.39 is 16.0 Å². The van der Waals surface area contributed by atoms with Crippen molar-refractivity contribution < 1.29 is 17.8 Å². The maximum absolute atomic E-state index is 9.43. The highest BCUT2D eigenvalue weighted by atomic mass is 32.2. The monoisotopic (exact) mass is 141 g/mol. The van der Waals surface area contributed by atoms with Gasteiger partial charge < -0.3 is 10.5 Å². The van der Waals surface area contributed by atoms with E-state index in [9.17, 15) is 8.42 Å². The van der Waals surface area contributed by atoms with Crippen molar-refractivity contribution >= 4 is 16.9 Å². The van der Waals surface area contributed by atoms with Gasteiger partial charge in [-0.25, -0.2) is 0 Å². The van der Waals surface area contributed by atoms with Crippen LogP contribution in [0.1, 0.15) is 0 Å². The highest BCUT2D eigenvalue weighted by Crippen LogP contribution is 1.67. The highest BCUT2D eigenvalue weighted by molar-refractivity contribution is 7.85. The second kappa shape index (κ2) is 4.69. The van der Waals surface area contributed by atoms with E-state index in [0.29, 0.717) is 0 Å². The first-order valence-corrected chi connectivity index (χ1v) is 3.11. The maximum Gasteiger partial charge on any atom is 0.277 e. The van der Waals surface area contributed by atoms with Crippen LogP contribution in [-0.4, -0.2) is 25.6 Å². The second-order valence-corrected chi connectivity index (χ2v) is 2.25. The van der Waals surface area contributed by atoms with Crippen LogP contribution in [0.3, 0.4) is 0 Å². The van der Waals surface area contributed by atoms with Crippen molar-refractivity contribution in [3.05, 3.63) is 0 Å². The van der Waals surface area contributed by atoms with Gasteiger partial charge in [0.2, 0.25) is 0 Å². The summed E-state index contributed by atoms with van der Waals surface area (Å²) in [5, 5.41) is 0. The van der Waals surface area contributed by atoms with Crippen LogP contribution in [0.15, 0.2) is 0 Å². The van der Waals surface area contributed by atoms with Gasteiger partial charge in [0, 0.05) is 0 Å². The van der Waals surface area contributed by atoms with Gasteiger partial charge in [-0.1, -0.05) is 0 Å². The molecule has 8 heavy (non-hydrogen) atoms. The summed E-state index contributed by atoms with van der Waals surface area (Å²) in [6.07, 6.45) is 0. The molecule has 0 aliphatic heterocycles. The summed E-state index contributed by atoms with van der Waals surface area (Å²) in [5.41, 5.74) is 4.47. The predicted molar refractivity (Wildman–Crippen MR) is 27.7 cm³/mol. The van der Waals surface area contributed by atoms with E-state index in [-0.39, 0.29) is 0 Å². The molecular formula is C2H7NO4S. The van der Waals surface area contributed by atoms with Crippen LogP contribution in [0.2, 0.25) is 0 Å². The lowest BCUT2D eigenvalue weighted by Crippen LogP contribution is -2.11. The zero-order chi connectivity index (χ0) is 7.21. The van der Waals surface area contributed by atoms with Crippen LogP contribution in [0.5, 0.6) is 0 Å². The van der Waals surface area contributed by atoms with Crippen molar-refractivity contribution in [3.63, 3.8) is 0 Å². The Balaban J connectivity index is 0. The van der Waals surface area contributed by atoms with Crippen molar-refractivity contribution in [3.8, 4) is 0 Å². The first kappa shape index (κ1) is 10.5. The van der Waals surface area contributed by atoms with E-state index >= 15 is 0 Å². The fraction of sp³-hybridized carbons (Fsp3) is 0.500. The molecule has 50 valence electrons. The third-order valence-electron chi connectivity index (χ3n) is 0.211. The van der Waals surface area contributed by atoms with Crippen molar-refractivity contribution in [2.24, 2.45) is 5.73 Å². The Hall–Kier alpha value is -0.460. The Labute approximate surface area is 47.2 Å². The standard InChI is InChI=1S/CH5NO3S.CH2O/c2-1-6(3,4)5;1-2/h1-2H2,(H,3,4,5);1H2. The molecule has 0 bridgehead atoms. The van der Waals surface area contributed by atoms with Gasteiger partial charge in [-0.3, -0.25) is 4.55 Å². The van der Waals surface area contributed by atoms with E-state index in [4.69, 9.17) is 9.35 Å². The van der Waals surface area contributed by atoms with Crippen molar-refractivity contribution in [2.75, 3.05) is 5.88 Å². The molecular weight excluding hydrogens is 134 g/mol. The van der Waals surface area contributed by atoms with Gasteiger partial charge in [0.1, 0.15) is 12.7 Å².